The smallest absolute Gasteiger partial charge is 0.335 e. The zero-order valence-electron chi connectivity index (χ0n) is 12.2. The number of anilines is 1. The molecule has 0 radical (unpaired) electrons. The lowest BCUT2D eigenvalue weighted by molar-refractivity contribution is -0.384. The maximum Gasteiger partial charge on any atom is 0.335 e. The molecule has 1 N–H and O–H groups in total. The minimum atomic E-state index is -1.08. The van der Waals surface area contributed by atoms with Gasteiger partial charge in [-0.25, -0.2) is 4.79 Å². The normalized spacial score (nSPS) is 20.1. The van der Waals surface area contributed by atoms with Gasteiger partial charge >= 0.3 is 5.97 Å². The third kappa shape index (κ3) is 3.30. The molecule has 7 heteroatoms. The monoisotopic (exact) mass is 293 g/mol. The first kappa shape index (κ1) is 15.2. The van der Waals surface area contributed by atoms with Crippen molar-refractivity contribution in [3.63, 3.8) is 0 Å². The van der Waals surface area contributed by atoms with Crippen molar-refractivity contribution in [3.05, 3.63) is 33.9 Å². The summed E-state index contributed by atoms with van der Waals surface area (Å²) in [5.41, 5.74) is 0.416. The van der Waals surface area contributed by atoms with Gasteiger partial charge < -0.3 is 14.9 Å². The molecule has 2 rings (SSSR count). The van der Waals surface area contributed by atoms with Gasteiger partial charge in [-0.05, 0) is 39.1 Å². The van der Waals surface area contributed by atoms with Crippen LogP contribution in [0, 0.1) is 10.1 Å². The fourth-order valence-electron chi connectivity index (χ4n) is 2.77. The van der Waals surface area contributed by atoms with Crippen LogP contribution >= 0.6 is 0 Å². The van der Waals surface area contributed by atoms with Crippen LogP contribution in [0.25, 0.3) is 0 Å². The first-order valence-corrected chi connectivity index (χ1v) is 6.87. The largest absolute Gasteiger partial charge is 0.478 e. The molecule has 1 aliphatic rings. The molecule has 1 saturated heterocycles. The van der Waals surface area contributed by atoms with E-state index >= 15 is 0 Å². The van der Waals surface area contributed by atoms with Gasteiger partial charge in [0.2, 0.25) is 0 Å². The maximum absolute atomic E-state index is 11.2. The van der Waals surface area contributed by atoms with Gasteiger partial charge in [0.15, 0.2) is 0 Å². The highest BCUT2D eigenvalue weighted by Gasteiger charge is 2.27. The van der Waals surface area contributed by atoms with Crippen molar-refractivity contribution in [2.45, 2.75) is 19.4 Å². The Morgan fingerprint density at radius 1 is 1.43 bits per heavy atom. The molecular weight excluding hydrogens is 274 g/mol. The molecule has 21 heavy (non-hydrogen) atoms. The summed E-state index contributed by atoms with van der Waals surface area (Å²) >= 11 is 0. The third-order valence-corrected chi connectivity index (χ3v) is 3.78. The van der Waals surface area contributed by atoms with E-state index in [9.17, 15) is 14.9 Å². The van der Waals surface area contributed by atoms with Crippen LogP contribution in [0.1, 0.15) is 23.7 Å². The molecule has 0 saturated carbocycles. The Kier molecular flexibility index (Phi) is 4.42. The van der Waals surface area contributed by atoms with Crippen molar-refractivity contribution in [1.82, 2.24) is 4.90 Å². The molecule has 114 valence electrons. The van der Waals surface area contributed by atoms with Crippen molar-refractivity contribution >= 4 is 17.3 Å². The number of likely N-dealkylation sites (N-methyl/N-ethyl adjacent to an activating group) is 1. The van der Waals surface area contributed by atoms with Gasteiger partial charge in [0, 0.05) is 25.2 Å². The second kappa shape index (κ2) is 6.09. The van der Waals surface area contributed by atoms with Crippen molar-refractivity contribution in [1.29, 1.82) is 0 Å². The van der Waals surface area contributed by atoms with E-state index in [4.69, 9.17) is 5.11 Å². The fourth-order valence-corrected chi connectivity index (χ4v) is 2.77. The van der Waals surface area contributed by atoms with Gasteiger partial charge in [0.05, 0.1) is 10.5 Å². The van der Waals surface area contributed by atoms with E-state index in [-0.39, 0.29) is 17.3 Å². The Labute approximate surface area is 122 Å². The van der Waals surface area contributed by atoms with Gasteiger partial charge in [-0.3, -0.25) is 10.1 Å². The van der Waals surface area contributed by atoms with Gasteiger partial charge in [-0.1, -0.05) is 0 Å². The number of carboxylic acid groups (broad SMARTS) is 1. The highest BCUT2D eigenvalue weighted by Crippen LogP contribution is 2.31. The minimum absolute atomic E-state index is 0.0450. The van der Waals surface area contributed by atoms with Crippen LogP contribution in [-0.2, 0) is 0 Å². The number of carbonyl (C=O) groups is 1. The lowest BCUT2D eigenvalue weighted by Gasteiger charge is -2.29. The Morgan fingerprint density at radius 2 is 2.14 bits per heavy atom. The van der Waals surface area contributed by atoms with Crippen molar-refractivity contribution < 1.29 is 14.8 Å². The fraction of sp³-hybridized carbons (Fsp3) is 0.500. The molecule has 1 atom stereocenters. The number of nitro benzene ring substituents is 1. The standard InChI is InChI=1S/C14H19N3O4/c1-10-9-15(2)6-3-7-16(10)13-8-11(14(18)19)4-5-12(13)17(20)21/h4-5,8,10H,3,6-7,9H2,1-2H3,(H,18,19). The minimum Gasteiger partial charge on any atom is -0.478 e. The molecule has 0 spiro atoms. The Hall–Kier alpha value is -2.15. The van der Waals surface area contributed by atoms with E-state index in [1.807, 2.05) is 18.9 Å². The summed E-state index contributed by atoms with van der Waals surface area (Å²) in [4.78, 5) is 26.0. The Bertz CT molecular complexity index is 561. The van der Waals surface area contributed by atoms with E-state index in [0.717, 1.165) is 19.5 Å². The molecule has 7 nitrogen and oxygen atoms in total. The molecule has 0 aromatic heterocycles. The quantitative estimate of drug-likeness (QED) is 0.675. The number of aromatic carboxylic acids is 1. The predicted molar refractivity (Wildman–Crippen MR) is 79.0 cm³/mol. The Balaban J connectivity index is 2.46. The summed E-state index contributed by atoms with van der Waals surface area (Å²) < 4.78 is 0. The molecule has 0 aliphatic carbocycles. The second-order valence-electron chi connectivity index (χ2n) is 5.42. The molecule has 1 aromatic rings. The number of nitrogens with zero attached hydrogens (tertiary/aromatic N) is 3. The number of carboxylic acids is 1. The van der Waals surface area contributed by atoms with Crippen LogP contribution in [0.4, 0.5) is 11.4 Å². The van der Waals surface area contributed by atoms with Crippen LogP contribution in [0.5, 0.6) is 0 Å². The molecule has 0 amide bonds. The zero-order chi connectivity index (χ0) is 15.6. The van der Waals surface area contributed by atoms with Gasteiger partial charge in [-0.2, -0.15) is 0 Å². The maximum atomic E-state index is 11.2. The Morgan fingerprint density at radius 3 is 2.76 bits per heavy atom. The van der Waals surface area contributed by atoms with Gasteiger partial charge in [-0.15, -0.1) is 0 Å². The van der Waals surface area contributed by atoms with Crippen molar-refractivity contribution in [3.8, 4) is 0 Å². The summed E-state index contributed by atoms with van der Waals surface area (Å²) in [5, 5.41) is 20.3. The van der Waals surface area contributed by atoms with Crippen LogP contribution in [0.15, 0.2) is 18.2 Å². The summed E-state index contributed by atoms with van der Waals surface area (Å²) in [6, 6.07) is 4.04. The molecule has 1 aromatic carbocycles. The first-order chi connectivity index (χ1) is 9.90. The van der Waals surface area contributed by atoms with E-state index in [2.05, 4.69) is 4.90 Å². The SMILES string of the molecule is CC1CN(C)CCCN1c1cc(C(=O)O)ccc1[N+](=O)[O-]. The van der Waals surface area contributed by atoms with Crippen LogP contribution in [0.2, 0.25) is 0 Å². The number of hydrogen-bond donors (Lipinski definition) is 1. The summed E-state index contributed by atoms with van der Waals surface area (Å²) in [5.74, 6) is -1.08. The molecule has 1 aliphatic heterocycles. The summed E-state index contributed by atoms with van der Waals surface area (Å²) in [6.07, 6.45) is 0.884. The molecular formula is C14H19N3O4. The van der Waals surface area contributed by atoms with E-state index in [1.54, 1.807) is 0 Å². The molecule has 0 bridgehead atoms. The van der Waals surface area contributed by atoms with Crippen LogP contribution in [-0.4, -0.2) is 53.6 Å². The average molecular weight is 293 g/mol. The lowest BCUT2D eigenvalue weighted by atomic mass is 10.1. The molecule has 1 unspecified atom stereocenters. The molecule has 1 heterocycles. The number of benzene rings is 1. The van der Waals surface area contributed by atoms with Crippen molar-refractivity contribution in [2.75, 3.05) is 31.6 Å². The van der Waals surface area contributed by atoms with E-state index in [1.165, 1.54) is 18.2 Å². The van der Waals surface area contributed by atoms with Gasteiger partial charge in [0.1, 0.15) is 5.69 Å². The highest BCUT2D eigenvalue weighted by atomic mass is 16.6. The zero-order valence-corrected chi connectivity index (χ0v) is 12.2. The summed E-state index contributed by atoms with van der Waals surface area (Å²) in [6.45, 7) is 4.39. The van der Waals surface area contributed by atoms with Crippen LogP contribution < -0.4 is 4.90 Å². The number of nitro groups is 1. The third-order valence-electron chi connectivity index (χ3n) is 3.78. The van der Waals surface area contributed by atoms with E-state index < -0.39 is 10.9 Å². The summed E-state index contributed by atoms with van der Waals surface area (Å²) in [7, 11) is 2.02. The first-order valence-electron chi connectivity index (χ1n) is 6.87. The lowest BCUT2D eigenvalue weighted by Crippen LogP contribution is -2.38. The topological polar surface area (TPSA) is 86.9 Å². The molecule has 1 fully saturated rings. The highest BCUT2D eigenvalue weighted by molar-refractivity contribution is 5.90. The average Bonchev–Trinajstić information content (AvgIpc) is 2.58. The number of rotatable bonds is 3. The van der Waals surface area contributed by atoms with Gasteiger partial charge in [0.25, 0.3) is 5.69 Å². The van der Waals surface area contributed by atoms with Crippen molar-refractivity contribution in [2.24, 2.45) is 0 Å². The second-order valence-corrected chi connectivity index (χ2v) is 5.42. The number of hydrogen-bond acceptors (Lipinski definition) is 5. The van der Waals surface area contributed by atoms with Crippen LogP contribution in [0.3, 0.4) is 0 Å². The van der Waals surface area contributed by atoms with E-state index in [0.29, 0.717) is 12.2 Å². The predicted octanol–water partition coefficient (Wildman–Crippen LogP) is 1.82.